The Bertz CT molecular complexity index is 1120. The first-order chi connectivity index (χ1) is 16.1. The van der Waals surface area contributed by atoms with Gasteiger partial charge in [-0.1, -0.05) is 11.6 Å². The summed E-state index contributed by atoms with van der Waals surface area (Å²) in [5.41, 5.74) is -1.31. The molecule has 9 nitrogen and oxygen atoms in total. The van der Waals surface area contributed by atoms with Crippen LogP contribution in [0.25, 0.3) is 0 Å². The third-order valence-electron chi connectivity index (χ3n) is 6.18. The molecule has 3 N–H and O–H groups in total. The van der Waals surface area contributed by atoms with Gasteiger partial charge in [0.15, 0.2) is 0 Å². The largest absolute Gasteiger partial charge is 0.344 e. The van der Waals surface area contributed by atoms with Crippen molar-refractivity contribution in [1.29, 1.82) is 0 Å². The number of halogens is 4. The van der Waals surface area contributed by atoms with Gasteiger partial charge >= 0.3 is 0 Å². The lowest BCUT2D eigenvalue weighted by atomic mass is 9.88. The first-order valence-electron chi connectivity index (χ1n) is 11.0. The summed E-state index contributed by atoms with van der Waals surface area (Å²) in [6.45, 7) is 1.31. The molecule has 0 spiro atoms. The zero-order valence-electron chi connectivity index (χ0n) is 18.2. The van der Waals surface area contributed by atoms with Crippen LogP contribution < -0.4 is 16.2 Å². The van der Waals surface area contributed by atoms with Crippen LogP contribution in [-0.4, -0.2) is 44.3 Å². The van der Waals surface area contributed by atoms with Crippen LogP contribution in [0.2, 0.25) is 5.15 Å². The van der Waals surface area contributed by atoms with Crippen LogP contribution in [0.4, 0.5) is 18.9 Å². The van der Waals surface area contributed by atoms with Gasteiger partial charge in [0.25, 0.3) is 11.5 Å². The molecular formula is C21H24ClF3N6O3. The smallest absolute Gasteiger partial charge is 0.269 e. The normalized spacial score (nSPS) is 17.6. The second-order valence-corrected chi connectivity index (χ2v) is 9.24. The topological polar surface area (TPSA) is 122 Å². The summed E-state index contributed by atoms with van der Waals surface area (Å²) in [5, 5.41) is 14.2. The Morgan fingerprint density at radius 3 is 2.47 bits per heavy atom. The minimum atomic E-state index is -2.84. The molecule has 2 heterocycles. The molecule has 0 aliphatic heterocycles. The lowest BCUT2D eigenvalue weighted by Crippen LogP contribution is -2.49. The van der Waals surface area contributed by atoms with E-state index in [4.69, 9.17) is 11.6 Å². The lowest BCUT2D eigenvalue weighted by Gasteiger charge is -2.26. The van der Waals surface area contributed by atoms with Crippen LogP contribution in [0.15, 0.2) is 17.1 Å². The molecular weight excluding hydrogens is 477 g/mol. The molecule has 13 heteroatoms. The van der Waals surface area contributed by atoms with Gasteiger partial charge in [0, 0.05) is 18.9 Å². The van der Waals surface area contributed by atoms with Crippen molar-refractivity contribution in [1.82, 2.24) is 25.3 Å². The highest BCUT2D eigenvalue weighted by Crippen LogP contribution is 2.50. The van der Waals surface area contributed by atoms with Crippen molar-refractivity contribution in [2.45, 2.75) is 57.5 Å². The fraction of sp³-hybridized carbons (Fsp3) is 0.571. The van der Waals surface area contributed by atoms with E-state index in [2.05, 4.69) is 25.9 Å². The minimum absolute atomic E-state index is 0.0499. The number of anilines is 1. The zero-order chi connectivity index (χ0) is 24.6. The molecule has 1 unspecified atom stereocenters. The summed E-state index contributed by atoms with van der Waals surface area (Å²) in [7, 11) is 0. The van der Waals surface area contributed by atoms with E-state index in [9.17, 15) is 27.6 Å². The number of amides is 2. The molecule has 0 radical (unpaired) electrons. The maximum Gasteiger partial charge on any atom is 0.269 e. The third kappa shape index (κ3) is 5.60. The lowest BCUT2D eigenvalue weighted by molar-refractivity contribution is -0.126. The average molecular weight is 501 g/mol. The Hall–Kier alpha value is -2.89. The van der Waals surface area contributed by atoms with Gasteiger partial charge < -0.3 is 10.6 Å². The van der Waals surface area contributed by atoms with E-state index < -0.39 is 42.3 Å². The maximum atomic E-state index is 14.7. The van der Waals surface area contributed by atoms with Crippen molar-refractivity contribution in [2.75, 3.05) is 5.32 Å². The predicted octanol–water partition coefficient (Wildman–Crippen LogP) is 2.88. The number of aromatic nitrogens is 4. The molecule has 2 aliphatic carbocycles. The monoisotopic (exact) mass is 500 g/mol. The second kappa shape index (κ2) is 9.77. The van der Waals surface area contributed by atoms with Crippen molar-refractivity contribution in [2.24, 2.45) is 17.8 Å². The van der Waals surface area contributed by atoms with Crippen molar-refractivity contribution >= 4 is 29.1 Å². The van der Waals surface area contributed by atoms with Crippen molar-refractivity contribution in [3.8, 4) is 0 Å². The second-order valence-electron chi connectivity index (χ2n) is 8.85. The van der Waals surface area contributed by atoms with E-state index >= 15 is 0 Å². The maximum absolute atomic E-state index is 14.7. The third-order valence-corrected chi connectivity index (χ3v) is 6.38. The minimum Gasteiger partial charge on any atom is -0.344 e. The summed E-state index contributed by atoms with van der Waals surface area (Å²) < 4.78 is 42.1. The highest BCUT2D eigenvalue weighted by molar-refractivity contribution is 6.29. The summed E-state index contributed by atoms with van der Waals surface area (Å²) >= 11 is 5.79. The summed E-state index contributed by atoms with van der Waals surface area (Å²) in [4.78, 5) is 37.1. The van der Waals surface area contributed by atoms with E-state index in [-0.39, 0.29) is 28.2 Å². The Kier molecular flexibility index (Phi) is 6.96. The number of aromatic amines is 1. The molecule has 34 heavy (non-hydrogen) atoms. The number of hydrogen-bond acceptors (Lipinski definition) is 5. The van der Waals surface area contributed by atoms with Gasteiger partial charge in [-0.25, -0.2) is 13.9 Å². The highest BCUT2D eigenvalue weighted by atomic mass is 35.5. The van der Waals surface area contributed by atoms with Crippen LogP contribution in [0.5, 0.6) is 0 Å². The number of carbonyl (C=O) groups is 2. The molecule has 4 rings (SSSR count). The standard InChI is InChI=1S/C21H24ClF3N6O3/c1-9(32)26-18(17(10-2-3-10)11-4-5-11)21(34)27-13-8-31(30-19(13)25)14(7-16(23)24)12-6-15(22)28-29-20(12)33/h6,8,10-11,14,16-18H,2-5,7H2,1H3,(H,26,32)(H,27,34)(H,29,33)/t14?,18-/m0/s1. The number of H-pyrrole nitrogens is 1. The fourth-order valence-corrected chi connectivity index (χ4v) is 4.62. The number of alkyl halides is 2. The van der Waals surface area contributed by atoms with Crippen LogP contribution in [-0.2, 0) is 9.59 Å². The van der Waals surface area contributed by atoms with Gasteiger partial charge in [-0.15, -0.1) is 5.10 Å². The summed E-state index contributed by atoms with van der Waals surface area (Å²) in [6, 6.07) is -1.10. The van der Waals surface area contributed by atoms with Gasteiger partial charge in [0.05, 0.1) is 12.2 Å². The molecule has 2 aliphatic rings. The van der Waals surface area contributed by atoms with E-state index in [1.165, 1.54) is 6.92 Å². The van der Waals surface area contributed by atoms with Crippen LogP contribution in [0.3, 0.4) is 0 Å². The van der Waals surface area contributed by atoms with Crippen molar-refractivity contribution < 1.29 is 22.8 Å². The van der Waals surface area contributed by atoms with Gasteiger partial charge in [0.1, 0.15) is 16.9 Å². The van der Waals surface area contributed by atoms with E-state index in [0.29, 0.717) is 11.8 Å². The molecule has 184 valence electrons. The zero-order valence-corrected chi connectivity index (χ0v) is 19.0. The van der Waals surface area contributed by atoms with Crippen LogP contribution >= 0.6 is 11.6 Å². The van der Waals surface area contributed by atoms with Gasteiger partial charge in [-0.3, -0.25) is 19.1 Å². The Morgan fingerprint density at radius 1 is 1.26 bits per heavy atom. The molecule has 0 bridgehead atoms. The van der Waals surface area contributed by atoms with Crippen molar-refractivity contribution in [3.05, 3.63) is 39.3 Å². The number of carbonyl (C=O) groups excluding carboxylic acids is 2. The van der Waals surface area contributed by atoms with E-state index in [1.807, 2.05) is 0 Å². The summed E-state index contributed by atoms with van der Waals surface area (Å²) in [5.74, 6) is -1.50. The molecule has 2 saturated carbocycles. The molecule has 2 fully saturated rings. The van der Waals surface area contributed by atoms with Crippen molar-refractivity contribution in [3.63, 3.8) is 0 Å². The number of nitrogens with zero attached hydrogens (tertiary/aromatic N) is 3. The Labute approximate surface area is 197 Å². The quantitative estimate of drug-likeness (QED) is 0.463. The predicted molar refractivity (Wildman–Crippen MR) is 116 cm³/mol. The molecule has 0 saturated heterocycles. The highest BCUT2D eigenvalue weighted by Gasteiger charge is 2.48. The Balaban J connectivity index is 1.60. The molecule has 2 amide bonds. The number of nitrogens with one attached hydrogen (secondary N) is 3. The van der Waals surface area contributed by atoms with Gasteiger partial charge in [-0.05, 0) is 49.5 Å². The first kappa shape index (κ1) is 24.2. The molecule has 2 atom stereocenters. The SMILES string of the molecule is CC(=O)N[C@H](C(=O)Nc1cn(C(CC(F)F)c2cc(Cl)n[nH]c2=O)nc1F)C(C1CC1)C1CC1. The first-order valence-corrected chi connectivity index (χ1v) is 11.4. The van der Waals surface area contributed by atoms with Crippen LogP contribution in [0.1, 0.15) is 50.6 Å². The van der Waals surface area contributed by atoms with Crippen LogP contribution in [0, 0.1) is 23.7 Å². The van der Waals surface area contributed by atoms with Gasteiger partial charge in [0.2, 0.25) is 18.2 Å². The molecule has 2 aromatic rings. The Morgan fingerprint density at radius 2 is 1.91 bits per heavy atom. The molecule has 2 aromatic heterocycles. The fourth-order valence-electron chi connectivity index (χ4n) is 4.46. The number of hydrogen-bond donors (Lipinski definition) is 3. The average Bonchev–Trinajstić information content (AvgIpc) is 3.68. The van der Waals surface area contributed by atoms with E-state index in [1.54, 1.807) is 0 Å². The summed E-state index contributed by atoms with van der Waals surface area (Å²) in [6.07, 6.45) is 1.22. The number of rotatable bonds is 10. The molecule has 0 aromatic carbocycles. The van der Waals surface area contributed by atoms with E-state index in [0.717, 1.165) is 42.6 Å². The van der Waals surface area contributed by atoms with Gasteiger partial charge in [-0.2, -0.15) is 9.49 Å².